The number of hydrogen-bond donors (Lipinski definition) is 2. The van der Waals surface area contributed by atoms with Crippen LogP contribution in [-0.2, 0) is 17.3 Å². The van der Waals surface area contributed by atoms with E-state index in [4.69, 9.17) is 14.2 Å². The number of alkyl halides is 3. The number of carbonyl (C=O) groups is 1. The van der Waals surface area contributed by atoms with Crippen molar-refractivity contribution in [3.05, 3.63) is 64.1 Å². The van der Waals surface area contributed by atoms with E-state index in [1.54, 1.807) is 18.2 Å². The van der Waals surface area contributed by atoms with Crippen LogP contribution in [0.3, 0.4) is 0 Å². The number of hydrogen-bond acceptors (Lipinski definition) is 6. The average molecular weight is 561 g/mol. The molecule has 3 aromatic rings. The first-order chi connectivity index (χ1) is 19.1. The SMILES string of the molecule is COC(=O)N1CCc2c(-c3cc(OC)cc(OC)c3)cn(-c3cc([NH+]4CC(CO)C4)ccc3C(F)(F)F)c(=O)c21. The smallest absolute Gasteiger partial charge is 0.418 e. The van der Waals surface area contributed by atoms with E-state index in [2.05, 4.69) is 0 Å². The van der Waals surface area contributed by atoms with Crippen LogP contribution in [-0.4, -0.2) is 63.3 Å². The number of anilines is 1. The molecule has 40 heavy (non-hydrogen) atoms. The van der Waals surface area contributed by atoms with Crippen molar-refractivity contribution in [2.75, 3.05) is 52.5 Å². The number of methoxy groups -OCH3 is 3. The number of halogens is 3. The lowest BCUT2D eigenvalue weighted by molar-refractivity contribution is -0.888. The predicted molar refractivity (Wildman–Crippen MR) is 140 cm³/mol. The van der Waals surface area contributed by atoms with Gasteiger partial charge in [0.2, 0.25) is 0 Å². The fraction of sp³-hybridized carbons (Fsp3) is 0.357. The number of aliphatic hydroxyl groups excluding tert-OH is 1. The molecule has 1 saturated heterocycles. The third-order valence-corrected chi connectivity index (χ3v) is 7.50. The molecular formula is C28H29F3N3O6+. The maximum atomic E-state index is 14.3. The number of rotatable bonds is 6. The number of pyridine rings is 1. The highest BCUT2D eigenvalue weighted by Crippen LogP contribution is 2.40. The van der Waals surface area contributed by atoms with Gasteiger partial charge in [0.1, 0.15) is 22.9 Å². The van der Waals surface area contributed by atoms with Crippen LogP contribution >= 0.6 is 0 Å². The van der Waals surface area contributed by atoms with Gasteiger partial charge in [-0.15, -0.1) is 0 Å². The maximum absolute atomic E-state index is 14.3. The largest absolute Gasteiger partial charge is 0.497 e. The van der Waals surface area contributed by atoms with Crippen LogP contribution in [0.25, 0.3) is 16.8 Å². The summed E-state index contributed by atoms with van der Waals surface area (Å²) in [5.74, 6) is 0.953. The van der Waals surface area contributed by atoms with Crippen molar-refractivity contribution in [3.63, 3.8) is 0 Å². The highest BCUT2D eigenvalue weighted by Gasteiger charge is 2.39. The van der Waals surface area contributed by atoms with E-state index in [-0.39, 0.29) is 30.4 Å². The fourth-order valence-corrected chi connectivity index (χ4v) is 5.38. The number of benzene rings is 2. The molecule has 0 spiro atoms. The fourth-order valence-electron chi connectivity index (χ4n) is 5.38. The Morgan fingerprint density at radius 3 is 2.33 bits per heavy atom. The second kappa shape index (κ2) is 10.5. The third kappa shape index (κ3) is 4.77. The molecule has 0 saturated carbocycles. The number of ether oxygens (including phenoxy) is 3. The summed E-state index contributed by atoms with van der Waals surface area (Å²) < 4.78 is 59.5. The lowest BCUT2D eigenvalue weighted by Crippen LogP contribution is -3.16. The molecule has 1 amide bonds. The number of fused-ring (bicyclic) bond motifs is 1. The van der Waals surface area contributed by atoms with Gasteiger partial charge in [-0.25, -0.2) is 4.79 Å². The number of quaternary nitrogens is 1. The number of aromatic nitrogens is 1. The van der Waals surface area contributed by atoms with Crippen LogP contribution in [0, 0.1) is 5.92 Å². The summed E-state index contributed by atoms with van der Waals surface area (Å²) in [6.45, 7) is 1.25. The van der Waals surface area contributed by atoms with Crippen molar-refractivity contribution in [1.29, 1.82) is 0 Å². The van der Waals surface area contributed by atoms with Gasteiger partial charge >= 0.3 is 12.3 Å². The van der Waals surface area contributed by atoms with Crippen molar-refractivity contribution < 1.29 is 42.2 Å². The molecule has 0 bridgehead atoms. The van der Waals surface area contributed by atoms with Gasteiger partial charge in [-0.2, -0.15) is 13.2 Å². The van der Waals surface area contributed by atoms with Gasteiger partial charge < -0.3 is 24.2 Å². The van der Waals surface area contributed by atoms with Crippen LogP contribution in [0.2, 0.25) is 0 Å². The summed E-state index contributed by atoms with van der Waals surface area (Å²) in [6, 6.07) is 8.74. The molecule has 212 valence electrons. The van der Waals surface area contributed by atoms with E-state index < -0.39 is 23.4 Å². The van der Waals surface area contributed by atoms with Crippen molar-refractivity contribution in [2.24, 2.45) is 5.92 Å². The number of aliphatic hydroxyl groups is 1. The molecule has 0 radical (unpaired) electrons. The number of amides is 1. The highest BCUT2D eigenvalue weighted by molar-refractivity contribution is 5.92. The first-order valence-electron chi connectivity index (χ1n) is 12.6. The molecular weight excluding hydrogens is 531 g/mol. The summed E-state index contributed by atoms with van der Waals surface area (Å²) in [6.07, 6.45) is -3.87. The lowest BCUT2D eigenvalue weighted by atomic mass is 9.98. The number of nitrogens with zero attached hydrogens (tertiary/aromatic N) is 2. The number of nitrogens with one attached hydrogen (secondary N) is 1. The summed E-state index contributed by atoms with van der Waals surface area (Å²) in [4.78, 5) is 28.6. The summed E-state index contributed by atoms with van der Waals surface area (Å²) in [7, 11) is 4.13. The standard InChI is InChI=1S/C28H28F3N3O6/c1-38-19-8-17(9-20(11-19)39-2)22-14-34(26(36)25-21(22)6-7-33(25)27(37)40-3)24-10-18(32-12-16(13-32)15-35)4-5-23(24)28(29,30)31/h4-5,8-11,14,16,35H,6-7,12-13,15H2,1-3H3/p+1. The van der Waals surface area contributed by atoms with Gasteiger partial charge in [0.15, 0.2) is 0 Å². The average Bonchev–Trinajstić information content (AvgIpc) is 3.37. The number of carbonyl (C=O) groups excluding carboxylic acids is 1. The Balaban J connectivity index is 1.79. The molecule has 2 aliphatic rings. The summed E-state index contributed by atoms with van der Waals surface area (Å²) >= 11 is 0. The van der Waals surface area contributed by atoms with Crippen molar-refractivity contribution >= 4 is 17.5 Å². The lowest BCUT2D eigenvalue weighted by Gasteiger charge is -2.34. The van der Waals surface area contributed by atoms with Gasteiger partial charge in [0, 0.05) is 30.4 Å². The zero-order chi connectivity index (χ0) is 28.8. The normalized spacial score (nSPS) is 18.2. The van der Waals surface area contributed by atoms with Gasteiger partial charge in [0.25, 0.3) is 5.56 Å². The van der Waals surface area contributed by atoms with Crippen molar-refractivity contribution in [2.45, 2.75) is 12.6 Å². The molecule has 0 unspecified atom stereocenters. The van der Waals surface area contributed by atoms with E-state index in [9.17, 15) is 27.9 Å². The molecule has 1 fully saturated rings. The van der Waals surface area contributed by atoms with Gasteiger partial charge in [-0.1, -0.05) is 0 Å². The Hall–Kier alpha value is -4.03. The second-order valence-electron chi connectivity index (χ2n) is 9.81. The predicted octanol–water partition coefficient (Wildman–Crippen LogP) is 2.81. The molecule has 9 nitrogen and oxygen atoms in total. The maximum Gasteiger partial charge on any atom is 0.418 e. The zero-order valence-electron chi connectivity index (χ0n) is 22.2. The molecule has 1 aromatic heterocycles. The molecule has 0 aliphatic carbocycles. The quantitative estimate of drug-likeness (QED) is 0.482. The molecule has 5 rings (SSSR count). The minimum absolute atomic E-state index is 0.00199. The Morgan fingerprint density at radius 1 is 1.07 bits per heavy atom. The molecule has 0 atom stereocenters. The minimum Gasteiger partial charge on any atom is -0.497 e. The topological polar surface area (TPSA) is 94.7 Å². The van der Waals surface area contributed by atoms with E-state index >= 15 is 0 Å². The monoisotopic (exact) mass is 560 g/mol. The van der Waals surface area contributed by atoms with Crippen molar-refractivity contribution in [1.82, 2.24) is 4.57 Å². The van der Waals surface area contributed by atoms with Crippen LogP contribution in [0.15, 0.2) is 47.4 Å². The first kappa shape index (κ1) is 27.5. The first-order valence-corrected chi connectivity index (χ1v) is 12.6. The van der Waals surface area contributed by atoms with Gasteiger partial charge in [-0.3, -0.25) is 14.3 Å². The molecule has 12 heteroatoms. The highest BCUT2D eigenvalue weighted by atomic mass is 19.4. The van der Waals surface area contributed by atoms with Crippen molar-refractivity contribution in [3.8, 4) is 28.3 Å². The molecule has 2 aromatic carbocycles. The summed E-state index contributed by atoms with van der Waals surface area (Å²) in [5.41, 5.74) is -0.0999. The van der Waals surface area contributed by atoms with E-state index in [0.717, 1.165) is 20.4 Å². The van der Waals surface area contributed by atoms with Crippen LogP contribution < -0.4 is 24.8 Å². The Morgan fingerprint density at radius 2 is 1.75 bits per heavy atom. The van der Waals surface area contributed by atoms with Crippen LogP contribution in [0.1, 0.15) is 11.1 Å². The molecule has 2 N–H and O–H groups in total. The molecule has 3 heterocycles. The molecule has 2 aliphatic heterocycles. The van der Waals surface area contributed by atoms with Gasteiger partial charge in [-0.05, 0) is 41.8 Å². The van der Waals surface area contributed by atoms with Crippen LogP contribution in [0.5, 0.6) is 11.5 Å². The zero-order valence-corrected chi connectivity index (χ0v) is 22.2. The van der Waals surface area contributed by atoms with E-state index in [1.807, 2.05) is 0 Å². The third-order valence-electron chi connectivity index (χ3n) is 7.50. The second-order valence-corrected chi connectivity index (χ2v) is 9.81. The Kier molecular flexibility index (Phi) is 7.23. The van der Waals surface area contributed by atoms with E-state index in [1.165, 1.54) is 39.7 Å². The minimum atomic E-state index is -4.76. The van der Waals surface area contributed by atoms with Crippen LogP contribution in [0.4, 0.5) is 29.3 Å². The summed E-state index contributed by atoms with van der Waals surface area (Å²) in [5, 5.41) is 9.40. The Bertz CT molecular complexity index is 1490. The Labute approximate surface area is 227 Å². The van der Waals surface area contributed by atoms with Gasteiger partial charge in [0.05, 0.1) is 58.2 Å². The van der Waals surface area contributed by atoms with E-state index in [0.29, 0.717) is 53.4 Å².